The second kappa shape index (κ2) is 6.31. The molecule has 0 fully saturated rings. The molecular weight excluding hydrogens is 240 g/mol. The van der Waals surface area contributed by atoms with E-state index in [9.17, 15) is 0 Å². The summed E-state index contributed by atoms with van der Waals surface area (Å²) in [5.41, 5.74) is 0. The fourth-order valence-corrected chi connectivity index (χ4v) is 13.8. The number of hydrogen-bond donors (Lipinski definition) is 1. The first-order chi connectivity index (χ1) is 6.41. The van der Waals surface area contributed by atoms with E-state index in [0.29, 0.717) is 0 Å². The van der Waals surface area contributed by atoms with Gasteiger partial charge in [0.15, 0.2) is 16.6 Å². The molecule has 0 bridgehead atoms. The summed E-state index contributed by atoms with van der Waals surface area (Å²) in [5, 5.41) is 7.00. The van der Waals surface area contributed by atoms with Crippen molar-refractivity contribution in [1.82, 2.24) is 0 Å². The van der Waals surface area contributed by atoms with Gasteiger partial charge in [0, 0.05) is 7.11 Å². The summed E-state index contributed by atoms with van der Waals surface area (Å²) in [6.45, 7) is 17.6. The van der Waals surface area contributed by atoms with E-state index in [1.807, 2.05) is 0 Å². The molecule has 0 aromatic rings. The zero-order valence-corrected chi connectivity index (χ0v) is 14.8. The van der Waals surface area contributed by atoms with Gasteiger partial charge in [-0.15, -0.1) is 0 Å². The first-order valence-electron chi connectivity index (χ1n) is 5.26. The Morgan fingerprint density at radius 3 is 0.933 bits per heavy atom. The minimum atomic E-state index is -1.85. The molecule has 0 atom stereocenters. The molecule has 3 nitrogen and oxygen atoms in total. The van der Waals surface area contributed by atoms with E-state index in [4.69, 9.17) is 13.3 Å². The molecule has 94 valence electrons. The van der Waals surface area contributed by atoms with Crippen molar-refractivity contribution in [3.63, 3.8) is 0 Å². The van der Waals surface area contributed by atoms with Gasteiger partial charge in [-0.3, -0.25) is 0 Å². The van der Waals surface area contributed by atoms with Crippen molar-refractivity contribution in [1.29, 1.82) is 0 Å². The SMILES string of the molecule is CO.C[Si](C)(C)O[Si](C)(C)O[Si](C)(C)C. The van der Waals surface area contributed by atoms with Gasteiger partial charge in [0.2, 0.25) is 0 Å². The molecule has 0 radical (unpaired) electrons. The molecular formula is C9H28O3Si3. The lowest BCUT2D eigenvalue weighted by Crippen LogP contribution is -2.50. The monoisotopic (exact) mass is 268 g/mol. The minimum absolute atomic E-state index is 1.00. The summed E-state index contributed by atoms with van der Waals surface area (Å²) in [7, 11) is -3.72. The highest BCUT2D eigenvalue weighted by molar-refractivity contribution is 6.87. The molecule has 0 saturated carbocycles. The van der Waals surface area contributed by atoms with Crippen LogP contribution in [0.15, 0.2) is 0 Å². The molecule has 0 rings (SSSR count). The zero-order valence-electron chi connectivity index (χ0n) is 11.8. The molecule has 0 spiro atoms. The van der Waals surface area contributed by atoms with Gasteiger partial charge in [0.05, 0.1) is 0 Å². The van der Waals surface area contributed by atoms with Crippen molar-refractivity contribution in [2.24, 2.45) is 0 Å². The molecule has 0 amide bonds. The number of rotatable bonds is 4. The van der Waals surface area contributed by atoms with Crippen LogP contribution in [0.25, 0.3) is 0 Å². The summed E-state index contributed by atoms with van der Waals surface area (Å²) in [6, 6.07) is 0. The van der Waals surface area contributed by atoms with Gasteiger partial charge in [-0.1, -0.05) is 0 Å². The van der Waals surface area contributed by atoms with Gasteiger partial charge >= 0.3 is 8.56 Å². The molecule has 0 aliphatic heterocycles. The predicted molar refractivity (Wildman–Crippen MR) is 74.5 cm³/mol. The van der Waals surface area contributed by atoms with E-state index in [1.165, 1.54) is 0 Å². The standard InChI is InChI=1S/C8H24O2Si3.CH4O/c1-11(2,3)9-13(7,8)10-12(4,5)6;1-2/h1-8H3;2H,1H3. The molecule has 0 unspecified atom stereocenters. The third-order valence-corrected chi connectivity index (χ3v) is 9.94. The highest BCUT2D eigenvalue weighted by Crippen LogP contribution is 2.19. The maximum Gasteiger partial charge on any atom is 0.311 e. The lowest BCUT2D eigenvalue weighted by atomic mass is 11.8. The highest BCUT2D eigenvalue weighted by atomic mass is 28.5. The molecule has 0 aromatic heterocycles. The van der Waals surface area contributed by atoms with Crippen molar-refractivity contribution >= 4 is 25.2 Å². The van der Waals surface area contributed by atoms with Crippen molar-refractivity contribution in [2.75, 3.05) is 7.11 Å². The Morgan fingerprint density at radius 1 is 0.600 bits per heavy atom. The van der Waals surface area contributed by atoms with E-state index < -0.39 is 25.2 Å². The summed E-state index contributed by atoms with van der Waals surface area (Å²) in [6.07, 6.45) is 0. The van der Waals surface area contributed by atoms with Crippen LogP contribution in [0, 0.1) is 0 Å². The van der Waals surface area contributed by atoms with Gasteiger partial charge in [-0.05, 0) is 52.4 Å². The maximum absolute atomic E-state index is 7.00. The molecule has 1 N–H and O–H groups in total. The summed E-state index contributed by atoms with van der Waals surface area (Å²) in [5.74, 6) is 0. The number of aliphatic hydroxyl groups excluding tert-OH is 1. The Balaban J connectivity index is 0. The molecule has 0 heterocycles. The first-order valence-corrected chi connectivity index (χ1v) is 14.9. The van der Waals surface area contributed by atoms with Crippen LogP contribution >= 0.6 is 0 Å². The summed E-state index contributed by atoms with van der Waals surface area (Å²) < 4.78 is 12.2. The first kappa shape index (κ1) is 17.9. The molecule has 6 heteroatoms. The average molecular weight is 269 g/mol. The van der Waals surface area contributed by atoms with Gasteiger partial charge < -0.3 is 13.3 Å². The summed E-state index contributed by atoms with van der Waals surface area (Å²) in [4.78, 5) is 0. The van der Waals surface area contributed by atoms with E-state index in [2.05, 4.69) is 52.4 Å². The maximum atomic E-state index is 7.00. The zero-order chi connectivity index (χ0) is 12.9. The fourth-order valence-electron chi connectivity index (χ4n) is 1.50. The molecule has 0 aliphatic carbocycles. The number of aliphatic hydroxyl groups is 1. The van der Waals surface area contributed by atoms with Crippen LogP contribution in [-0.2, 0) is 8.23 Å². The van der Waals surface area contributed by atoms with Crippen LogP contribution in [-0.4, -0.2) is 37.4 Å². The molecule has 15 heavy (non-hydrogen) atoms. The van der Waals surface area contributed by atoms with Gasteiger partial charge in [0.25, 0.3) is 0 Å². The van der Waals surface area contributed by atoms with Gasteiger partial charge in [0.1, 0.15) is 0 Å². The molecule has 0 saturated heterocycles. The lowest BCUT2D eigenvalue weighted by molar-refractivity contribution is 0.395. The van der Waals surface area contributed by atoms with Gasteiger partial charge in [-0.2, -0.15) is 0 Å². The van der Waals surface area contributed by atoms with E-state index in [-0.39, 0.29) is 0 Å². The van der Waals surface area contributed by atoms with Crippen LogP contribution < -0.4 is 0 Å². The minimum Gasteiger partial charge on any atom is -0.437 e. The van der Waals surface area contributed by atoms with E-state index in [0.717, 1.165) is 7.11 Å². The third-order valence-electron chi connectivity index (χ3n) is 1.10. The van der Waals surface area contributed by atoms with Crippen LogP contribution in [0.4, 0.5) is 0 Å². The van der Waals surface area contributed by atoms with Crippen LogP contribution in [0.5, 0.6) is 0 Å². The van der Waals surface area contributed by atoms with Crippen molar-refractivity contribution in [3.05, 3.63) is 0 Å². The fraction of sp³-hybridized carbons (Fsp3) is 1.00. The Bertz CT molecular complexity index is 152. The normalized spacial score (nSPS) is 13.2. The second-order valence-corrected chi connectivity index (χ2v) is 18.7. The summed E-state index contributed by atoms with van der Waals surface area (Å²) >= 11 is 0. The molecule has 0 aromatic carbocycles. The second-order valence-electron chi connectivity index (χ2n) is 5.83. The Labute approximate surface area is 98.3 Å². The van der Waals surface area contributed by atoms with Gasteiger partial charge in [-0.25, -0.2) is 0 Å². The smallest absolute Gasteiger partial charge is 0.311 e. The third kappa shape index (κ3) is 14.5. The largest absolute Gasteiger partial charge is 0.437 e. The van der Waals surface area contributed by atoms with Crippen LogP contribution in [0.2, 0.25) is 52.4 Å². The van der Waals surface area contributed by atoms with Crippen molar-refractivity contribution in [3.8, 4) is 0 Å². The van der Waals surface area contributed by atoms with Crippen molar-refractivity contribution < 1.29 is 13.3 Å². The Hall–Kier alpha value is 0.531. The average Bonchev–Trinajstić information content (AvgIpc) is 1.79. The quantitative estimate of drug-likeness (QED) is 0.797. The van der Waals surface area contributed by atoms with Crippen molar-refractivity contribution in [2.45, 2.75) is 52.4 Å². The van der Waals surface area contributed by atoms with E-state index in [1.54, 1.807) is 0 Å². The molecule has 0 aliphatic rings. The predicted octanol–water partition coefficient (Wildman–Crippen LogP) is 3.00. The highest BCUT2D eigenvalue weighted by Gasteiger charge is 2.35. The van der Waals surface area contributed by atoms with Crippen LogP contribution in [0.3, 0.4) is 0 Å². The number of hydrogen-bond acceptors (Lipinski definition) is 3. The Morgan fingerprint density at radius 2 is 0.800 bits per heavy atom. The lowest BCUT2D eigenvalue weighted by Gasteiger charge is -2.35. The topological polar surface area (TPSA) is 38.7 Å². The van der Waals surface area contributed by atoms with E-state index >= 15 is 0 Å². The van der Waals surface area contributed by atoms with Crippen LogP contribution in [0.1, 0.15) is 0 Å². The Kier molecular flexibility index (Phi) is 7.54.